The molecule has 0 aliphatic rings. The van der Waals surface area contributed by atoms with Gasteiger partial charge < -0.3 is 10.4 Å². The topological polar surface area (TPSA) is 79.3 Å². The molecule has 0 spiro atoms. The lowest BCUT2D eigenvalue weighted by molar-refractivity contribution is 0.0940. The number of nitrogens with one attached hydrogen (secondary N) is 1. The number of pyridine rings is 1. The van der Waals surface area contributed by atoms with Crippen molar-refractivity contribution >= 4 is 11.9 Å². The molecule has 74 valence electrons. The van der Waals surface area contributed by atoms with E-state index in [-0.39, 0.29) is 11.5 Å². The summed E-state index contributed by atoms with van der Waals surface area (Å²) in [5, 5.41) is 10.5. The highest BCUT2D eigenvalue weighted by molar-refractivity contribution is 5.99. The summed E-state index contributed by atoms with van der Waals surface area (Å²) in [5.74, 6) is -0.340. The van der Waals surface area contributed by atoms with Gasteiger partial charge in [0.05, 0.1) is 6.04 Å². The molecule has 1 rings (SSSR count). The number of carbonyl (C=O) groups excluding carboxylic acids is 1. The van der Waals surface area contributed by atoms with E-state index < -0.39 is 12.1 Å². The Morgan fingerprint density at radius 1 is 1.50 bits per heavy atom. The third-order valence-corrected chi connectivity index (χ3v) is 1.65. The van der Waals surface area contributed by atoms with E-state index in [1.54, 1.807) is 18.2 Å². The molecule has 0 aliphatic heterocycles. The Morgan fingerprint density at radius 2 is 2.21 bits per heavy atom. The summed E-state index contributed by atoms with van der Waals surface area (Å²) in [4.78, 5) is 25.6. The van der Waals surface area contributed by atoms with E-state index in [1.807, 2.05) is 0 Å². The average Bonchev–Trinajstić information content (AvgIpc) is 2.17. The van der Waals surface area contributed by atoms with Crippen LogP contribution in [0.5, 0.6) is 0 Å². The Kier molecular flexibility index (Phi) is 3.17. The first-order valence-corrected chi connectivity index (χ1v) is 4.06. The zero-order valence-electron chi connectivity index (χ0n) is 7.60. The Morgan fingerprint density at radius 3 is 2.71 bits per heavy atom. The zero-order valence-corrected chi connectivity index (χ0v) is 7.60. The van der Waals surface area contributed by atoms with Crippen molar-refractivity contribution < 1.29 is 14.7 Å². The van der Waals surface area contributed by atoms with Crippen molar-refractivity contribution in [2.75, 3.05) is 0 Å². The average molecular weight is 194 g/mol. The van der Waals surface area contributed by atoms with Gasteiger partial charge >= 0.3 is 6.09 Å². The fraction of sp³-hybridized carbons (Fsp3) is 0.222. The van der Waals surface area contributed by atoms with Gasteiger partial charge in [-0.1, -0.05) is 6.07 Å². The van der Waals surface area contributed by atoms with Crippen LogP contribution in [0.3, 0.4) is 0 Å². The lowest BCUT2D eigenvalue weighted by Crippen LogP contribution is -2.37. The first-order valence-electron chi connectivity index (χ1n) is 4.06. The summed E-state index contributed by atoms with van der Waals surface area (Å²) in [6.45, 7) is 1.48. The summed E-state index contributed by atoms with van der Waals surface area (Å²) in [7, 11) is 0. The highest BCUT2D eigenvalue weighted by Gasteiger charge is 2.17. The molecule has 14 heavy (non-hydrogen) atoms. The van der Waals surface area contributed by atoms with E-state index in [1.165, 1.54) is 13.1 Å². The molecule has 2 N–H and O–H groups in total. The fourth-order valence-corrected chi connectivity index (χ4v) is 0.981. The van der Waals surface area contributed by atoms with Crippen LogP contribution < -0.4 is 5.32 Å². The quantitative estimate of drug-likeness (QED) is 0.701. The summed E-state index contributed by atoms with van der Waals surface area (Å²) in [6, 6.07) is 4.13. The Balaban J connectivity index is 2.71. The maximum Gasteiger partial charge on any atom is 0.405 e. The van der Waals surface area contributed by atoms with Crippen molar-refractivity contribution in [3.8, 4) is 0 Å². The number of rotatable bonds is 3. The Hall–Kier alpha value is -1.91. The number of aromatic nitrogens is 1. The van der Waals surface area contributed by atoms with Crippen LogP contribution in [0.25, 0.3) is 0 Å². The highest BCUT2D eigenvalue weighted by atomic mass is 16.4. The van der Waals surface area contributed by atoms with E-state index in [9.17, 15) is 9.59 Å². The lowest BCUT2D eigenvalue weighted by atomic mass is 10.1. The summed E-state index contributed by atoms with van der Waals surface area (Å²) in [5.41, 5.74) is 0.258. The minimum absolute atomic E-state index is 0.258. The van der Waals surface area contributed by atoms with E-state index in [0.717, 1.165) is 0 Å². The number of nitrogens with zero attached hydrogens (tertiary/aromatic N) is 1. The van der Waals surface area contributed by atoms with Crippen molar-refractivity contribution in [3.63, 3.8) is 0 Å². The summed E-state index contributed by atoms with van der Waals surface area (Å²) in [6.07, 6.45) is 0.266. The second kappa shape index (κ2) is 4.36. The maximum absolute atomic E-state index is 11.5. The largest absolute Gasteiger partial charge is 0.465 e. The number of ketones is 1. The molecule has 0 bridgehead atoms. The summed E-state index contributed by atoms with van der Waals surface area (Å²) < 4.78 is 0. The van der Waals surface area contributed by atoms with Gasteiger partial charge in [0, 0.05) is 6.20 Å². The first kappa shape index (κ1) is 10.2. The van der Waals surface area contributed by atoms with Gasteiger partial charge in [-0.3, -0.25) is 9.78 Å². The third kappa shape index (κ3) is 2.55. The molecule has 0 saturated heterocycles. The van der Waals surface area contributed by atoms with Gasteiger partial charge in [0.25, 0.3) is 0 Å². The molecule has 1 atom stereocenters. The van der Waals surface area contributed by atoms with Gasteiger partial charge in [-0.15, -0.1) is 0 Å². The van der Waals surface area contributed by atoms with Crippen LogP contribution >= 0.6 is 0 Å². The predicted octanol–water partition coefficient (Wildman–Crippen LogP) is 0.920. The van der Waals surface area contributed by atoms with Crippen LogP contribution in [-0.4, -0.2) is 28.0 Å². The van der Waals surface area contributed by atoms with Gasteiger partial charge in [0.1, 0.15) is 5.69 Å². The number of carbonyl (C=O) groups is 2. The minimum atomic E-state index is -1.22. The fourth-order valence-electron chi connectivity index (χ4n) is 0.981. The molecule has 5 nitrogen and oxygen atoms in total. The van der Waals surface area contributed by atoms with Crippen LogP contribution in [0.1, 0.15) is 17.4 Å². The van der Waals surface area contributed by atoms with Crippen molar-refractivity contribution in [2.24, 2.45) is 0 Å². The molecule has 0 saturated carbocycles. The smallest absolute Gasteiger partial charge is 0.405 e. The maximum atomic E-state index is 11.5. The van der Waals surface area contributed by atoms with E-state index in [4.69, 9.17) is 5.11 Å². The summed E-state index contributed by atoms with van der Waals surface area (Å²) >= 11 is 0. The van der Waals surface area contributed by atoms with Crippen molar-refractivity contribution in [1.82, 2.24) is 10.3 Å². The standard InChI is InChI=1S/C9H10N2O3/c1-6(11-9(13)14)8(12)7-4-2-3-5-10-7/h2-6,11H,1H3,(H,13,14). The van der Waals surface area contributed by atoms with Gasteiger partial charge in [-0.05, 0) is 19.1 Å². The Bertz CT molecular complexity index is 337. The molecule has 1 unspecified atom stereocenters. The minimum Gasteiger partial charge on any atom is -0.465 e. The number of hydrogen-bond donors (Lipinski definition) is 2. The SMILES string of the molecule is CC(NC(=O)O)C(=O)c1ccccn1. The normalized spacial score (nSPS) is 11.8. The highest BCUT2D eigenvalue weighted by Crippen LogP contribution is 1.99. The molecule has 1 aromatic rings. The van der Waals surface area contributed by atoms with Crippen LogP contribution in [0.15, 0.2) is 24.4 Å². The number of carboxylic acid groups (broad SMARTS) is 1. The van der Waals surface area contributed by atoms with Crippen molar-refractivity contribution in [3.05, 3.63) is 30.1 Å². The second-order valence-corrected chi connectivity index (χ2v) is 2.75. The molecular formula is C9H10N2O3. The molecule has 0 fully saturated rings. The van der Waals surface area contributed by atoms with Crippen molar-refractivity contribution in [2.45, 2.75) is 13.0 Å². The van der Waals surface area contributed by atoms with Gasteiger partial charge in [-0.25, -0.2) is 4.79 Å². The molecule has 1 aromatic heterocycles. The first-order chi connectivity index (χ1) is 6.61. The van der Waals surface area contributed by atoms with Gasteiger partial charge in [0.15, 0.2) is 0 Å². The molecule has 0 aromatic carbocycles. The second-order valence-electron chi connectivity index (χ2n) is 2.75. The monoisotopic (exact) mass is 194 g/mol. The predicted molar refractivity (Wildman–Crippen MR) is 49.2 cm³/mol. The zero-order chi connectivity index (χ0) is 10.6. The third-order valence-electron chi connectivity index (χ3n) is 1.65. The number of Topliss-reactive ketones (excluding diaryl/α,β-unsaturated/α-hetero) is 1. The van der Waals surface area contributed by atoms with Gasteiger partial charge in [-0.2, -0.15) is 0 Å². The van der Waals surface area contributed by atoms with Crippen LogP contribution in [0.2, 0.25) is 0 Å². The van der Waals surface area contributed by atoms with Gasteiger partial charge in [0.2, 0.25) is 5.78 Å². The molecule has 0 aliphatic carbocycles. The lowest BCUT2D eigenvalue weighted by Gasteiger charge is -2.08. The van der Waals surface area contributed by atoms with Crippen LogP contribution in [-0.2, 0) is 0 Å². The van der Waals surface area contributed by atoms with E-state index in [2.05, 4.69) is 10.3 Å². The number of hydrogen-bond acceptors (Lipinski definition) is 3. The molecule has 1 amide bonds. The van der Waals surface area contributed by atoms with Crippen LogP contribution in [0.4, 0.5) is 4.79 Å². The molecule has 1 heterocycles. The molecular weight excluding hydrogens is 184 g/mol. The molecule has 0 radical (unpaired) electrons. The van der Waals surface area contributed by atoms with E-state index in [0.29, 0.717) is 0 Å². The van der Waals surface area contributed by atoms with E-state index >= 15 is 0 Å². The number of amides is 1. The Labute approximate surface area is 80.8 Å². The molecule has 5 heteroatoms. The van der Waals surface area contributed by atoms with Crippen molar-refractivity contribution in [1.29, 1.82) is 0 Å². The van der Waals surface area contributed by atoms with Crippen LogP contribution in [0, 0.1) is 0 Å².